The highest BCUT2D eigenvalue weighted by atomic mass is 32.1. The van der Waals surface area contributed by atoms with Crippen LogP contribution in [-0.2, 0) is 6.42 Å². The fourth-order valence-electron chi connectivity index (χ4n) is 2.19. The van der Waals surface area contributed by atoms with Gasteiger partial charge in [0, 0.05) is 6.61 Å². The number of hydrogen-bond donors (Lipinski definition) is 1. The van der Waals surface area contributed by atoms with Crippen molar-refractivity contribution in [3.05, 3.63) is 28.8 Å². The second-order valence-corrected chi connectivity index (χ2v) is 6.10. The lowest BCUT2D eigenvalue weighted by atomic mass is 9.97. The van der Waals surface area contributed by atoms with E-state index in [1.165, 1.54) is 23.1 Å². The predicted octanol–water partition coefficient (Wildman–Crippen LogP) is 2.92. The molecule has 84 valence electrons. The number of aliphatic hydroxyl groups is 1. The molecule has 1 aromatic heterocycles. The van der Waals surface area contributed by atoms with Gasteiger partial charge < -0.3 is 5.11 Å². The molecule has 2 aromatic rings. The van der Waals surface area contributed by atoms with E-state index in [0.717, 1.165) is 16.9 Å². The third-order valence-electron chi connectivity index (χ3n) is 3.43. The topological polar surface area (TPSA) is 33.1 Å². The summed E-state index contributed by atoms with van der Waals surface area (Å²) in [6.45, 7) is 2.37. The zero-order valence-electron chi connectivity index (χ0n) is 9.36. The summed E-state index contributed by atoms with van der Waals surface area (Å²) >= 11 is 1.75. The van der Waals surface area contributed by atoms with Gasteiger partial charge in [0.05, 0.1) is 15.2 Å². The number of benzene rings is 1. The molecule has 0 amide bonds. The van der Waals surface area contributed by atoms with Crippen molar-refractivity contribution in [3.63, 3.8) is 0 Å². The molecule has 0 aliphatic heterocycles. The zero-order valence-corrected chi connectivity index (χ0v) is 10.2. The zero-order chi connectivity index (χ0) is 11.2. The standard InChI is InChI=1S/C13H15NOS/c1-9-14-11-3-2-10(6-12(11)16-9)7-13(8-15)4-5-13/h2-3,6,15H,4-5,7-8H2,1H3. The first-order valence-electron chi connectivity index (χ1n) is 5.68. The highest BCUT2D eigenvalue weighted by Gasteiger charge is 2.41. The Bertz CT molecular complexity index is 528. The van der Waals surface area contributed by atoms with E-state index in [4.69, 9.17) is 0 Å². The first-order chi connectivity index (χ1) is 7.71. The van der Waals surface area contributed by atoms with Crippen LogP contribution in [0.1, 0.15) is 23.4 Å². The molecule has 0 unspecified atom stereocenters. The van der Waals surface area contributed by atoms with Crippen molar-refractivity contribution >= 4 is 21.6 Å². The van der Waals surface area contributed by atoms with Crippen molar-refractivity contribution in [2.24, 2.45) is 5.41 Å². The number of fused-ring (bicyclic) bond motifs is 1. The summed E-state index contributed by atoms with van der Waals surface area (Å²) in [5, 5.41) is 10.4. The Morgan fingerprint density at radius 2 is 2.25 bits per heavy atom. The lowest BCUT2D eigenvalue weighted by molar-refractivity contribution is 0.211. The van der Waals surface area contributed by atoms with E-state index in [1.54, 1.807) is 11.3 Å². The van der Waals surface area contributed by atoms with Crippen molar-refractivity contribution in [1.82, 2.24) is 4.98 Å². The maximum atomic E-state index is 9.33. The van der Waals surface area contributed by atoms with Crippen molar-refractivity contribution in [1.29, 1.82) is 0 Å². The number of nitrogens with zero attached hydrogens (tertiary/aromatic N) is 1. The minimum absolute atomic E-state index is 0.202. The average Bonchev–Trinajstić information content (AvgIpc) is 2.93. The van der Waals surface area contributed by atoms with Crippen LogP contribution in [0.25, 0.3) is 10.2 Å². The molecule has 3 rings (SSSR count). The van der Waals surface area contributed by atoms with Crippen LogP contribution in [0.15, 0.2) is 18.2 Å². The van der Waals surface area contributed by atoms with E-state index in [2.05, 4.69) is 23.2 Å². The first kappa shape index (κ1) is 10.2. The minimum Gasteiger partial charge on any atom is -0.396 e. The fourth-order valence-corrected chi connectivity index (χ4v) is 3.09. The van der Waals surface area contributed by atoms with E-state index >= 15 is 0 Å². The van der Waals surface area contributed by atoms with E-state index in [1.807, 2.05) is 6.92 Å². The molecule has 0 bridgehead atoms. The largest absolute Gasteiger partial charge is 0.396 e. The molecule has 3 heteroatoms. The van der Waals surface area contributed by atoms with E-state index < -0.39 is 0 Å². The fraction of sp³-hybridized carbons (Fsp3) is 0.462. The van der Waals surface area contributed by atoms with Gasteiger partial charge in [0.1, 0.15) is 0 Å². The monoisotopic (exact) mass is 233 g/mol. The number of thiazole rings is 1. The summed E-state index contributed by atoms with van der Waals surface area (Å²) in [5.74, 6) is 0. The summed E-state index contributed by atoms with van der Waals surface area (Å²) in [6, 6.07) is 6.48. The van der Waals surface area contributed by atoms with Gasteiger partial charge in [-0.15, -0.1) is 11.3 Å². The Morgan fingerprint density at radius 1 is 1.44 bits per heavy atom. The van der Waals surface area contributed by atoms with Gasteiger partial charge in [0.15, 0.2) is 0 Å². The normalized spacial score (nSPS) is 17.9. The molecule has 1 saturated carbocycles. The Kier molecular flexibility index (Phi) is 2.26. The van der Waals surface area contributed by atoms with E-state index in [9.17, 15) is 5.11 Å². The van der Waals surface area contributed by atoms with Gasteiger partial charge in [-0.05, 0) is 49.3 Å². The van der Waals surface area contributed by atoms with Gasteiger partial charge in [-0.3, -0.25) is 0 Å². The van der Waals surface area contributed by atoms with Crippen molar-refractivity contribution < 1.29 is 5.11 Å². The molecule has 1 fully saturated rings. The molecule has 1 aliphatic rings. The average molecular weight is 233 g/mol. The number of rotatable bonds is 3. The molecule has 2 nitrogen and oxygen atoms in total. The Morgan fingerprint density at radius 3 is 2.94 bits per heavy atom. The van der Waals surface area contributed by atoms with Gasteiger partial charge in [0.2, 0.25) is 0 Å². The first-order valence-corrected chi connectivity index (χ1v) is 6.49. The summed E-state index contributed by atoms with van der Waals surface area (Å²) in [4.78, 5) is 4.46. The highest BCUT2D eigenvalue weighted by molar-refractivity contribution is 7.18. The molecule has 1 aliphatic carbocycles. The molecule has 1 N–H and O–H groups in total. The van der Waals surface area contributed by atoms with Gasteiger partial charge in [0.25, 0.3) is 0 Å². The van der Waals surface area contributed by atoms with Crippen molar-refractivity contribution in [2.75, 3.05) is 6.61 Å². The number of aromatic nitrogens is 1. The SMILES string of the molecule is Cc1nc2ccc(CC3(CO)CC3)cc2s1. The Labute approximate surface area is 99.0 Å². The predicted molar refractivity (Wildman–Crippen MR) is 66.8 cm³/mol. The van der Waals surface area contributed by atoms with Gasteiger partial charge in [-0.25, -0.2) is 4.98 Å². The maximum absolute atomic E-state index is 9.33. The van der Waals surface area contributed by atoms with E-state index in [-0.39, 0.29) is 5.41 Å². The molecule has 1 heterocycles. The van der Waals surface area contributed by atoms with Crippen LogP contribution in [-0.4, -0.2) is 16.7 Å². The molecule has 0 spiro atoms. The number of aryl methyl sites for hydroxylation is 1. The quantitative estimate of drug-likeness (QED) is 0.884. The molecular formula is C13H15NOS. The van der Waals surface area contributed by atoms with Crippen LogP contribution >= 0.6 is 11.3 Å². The summed E-state index contributed by atoms with van der Waals surface area (Å²) < 4.78 is 1.27. The highest BCUT2D eigenvalue weighted by Crippen LogP contribution is 2.48. The summed E-state index contributed by atoms with van der Waals surface area (Å²) in [5.41, 5.74) is 2.63. The van der Waals surface area contributed by atoms with Crippen molar-refractivity contribution in [3.8, 4) is 0 Å². The lowest BCUT2D eigenvalue weighted by Crippen LogP contribution is -2.09. The number of aliphatic hydroxyl groups excluding tert-OH is 1. The molecule has 0 saturated heterocycles. The van der Waals surface area contributed by atoms with Crippen molar-refractivity contribution in [2.45, 2.75) is 26.2 Å². The molecule has 1 aromatic carbocycles. The van der Waals surface area contributed by atoms with Crippen LogP contribution in [0.5, 0.6) is 0 Å². The lowest BCUT2D eigenvalue weighted by Gasteiger charge is -2.10. The van der Waals surface area contributed by atoms with Crippen LogP contribution < -0.4 is 0 Å². The second-order valence-electron chi connectivity index (χ2n) is 4.87. The van der Waals surface area contributed by atoms with Crippen LogP contribution in [0, 0.1) is 12.3 Å². The van der Waals surface area contributed by atoms with Gasteiger partial charge in [-0.2, -0.15) is 0 Å². The van der Waals surface area contributed by atoms with E-state index in [0.29, 0.717) is 6.61 Å². The smallest absolute Gasteiger partial charge is 0.0907 e. The molecule has 0 radical (unpaired) electrons. The van der Waals surface area contributed by atoms with Gasteiger partial charge in [-0.1, -0.05) is 6.07 Å². The minimum atomic E-state index is 0.202. The third kappa shape index (κ3) is 1.74. The van der Waals surface area contributed by atoms with Gasteiger partial charge >= 0.3 is 0 Å². The van der Waals surface area contributed by atoms with Crippen LogP contribution in [0.2, 0.25) is 0 Å². The molecular weight excluding hydrogens is 218 g/mol. The van der Waals surface area contributed by atoms with Crippen LogP contribution in [0.4, 0.5) is 0 Å². The summed E-state index contributed by atoms with van der Waals surface area (Å²) in [7, 11) is 0. The van der Waals surface area contributed by atoms with Crippen LogP contribution in [0.3, 0.4) is 0 Å². The Hall–Kier alpha value is -0.930. The Balaban J connectivity index is 1.92. The molecule has 16 heavy (non-hydrogen) atoms. The third-order valence-corrected chi connectivity index (χ3v) is 4.37. The summed E-state index contributed by atoms with van der Waals surface area (Å²) in [6.07, 6.45) is 3.35. The second kappa shape index (κ2) is 3.54. The maximum Gasteiger partial charge on any atom is 0.0907 e. The molecule has 0 atom stereocenters. The number of hydrogen-bond acceptors (Lipinski definition) is 3.